The molecule has 1 heterocycles. The summed E-state index contributed by atoms with van der Waals surface area (Å²) in [5.74, 6) is 1.29. The summed E-state index contributed by atoms with van der Waals surface area (Å²) in [6.45, 7) is 4.18. The fourth-order valence-corrected chi connectivity index (χ4v) is 1.76. The van der Waals surface area contributed by atoms with Gasteiger partial charge in [-0.1, -0.05) is 22.9 Å². The maximum Gasteiger partial charge on any atom is 0.294 e. The smallest absolute Gasteiger partial charge is 0.294 e. The summed E-state index contributed by atoms with van der Waals surface area (Å²) in [5, 5.41) is 3.59. The second-order valence-corrected chi connectivity index (χ2v) is 5.48. The summed E-state index contributed by atoms with van der Waals surface area (Å²) in [6.07, 6.45) is 0.668. The fraction of sp³-hybridized carbons (Fsp3) is 0.333. The first-order valence-corrected chi connectivity index (χ1v) is 7.30. The number of hydrogen-bond acceptors (Lipinski definition) is 6. The Morgan fingerprint density at radius 3 is 2.25 bits per heavy atom. The summed E-state index contributed by atoms with van der Waals surface area (Å²) >= 11 is 0. The number of rotatable bonds is 3. The summed E-state index contributed by atoms with van der Waals surface area (Å²) in [6, 6.07) is 5.99. The lowest BCUT2D eigenvalue weighted by Gasteiger charge is -1.95. The van der Waals surface area contributed by atoms with Crippen LogP contribution in [0.1, 0.15) is 17.3 Å². The molecule has 0 saturated carbocycles. The van der Waals surface area contributed by atoms with E-state index in [0.717, 1.165) is 5.56 Å². The van der Waals surface area contributed by atoms with Crippen LogP contribution >= 0.6 is 0 Å². The molecule has 0 unspecified atom stereocenters. The monoisotopic (exact) mass is 299 g/mol. The van der Waals surface area contributed by atoms with Crippen LogP contribution in [0.25, 0.3) is 0 Å². The minimum absolute atomic E-state index is 0.0666. The maximum absolute atomic E-state index is 10.5. The number of aromatic nitrogens is 2. The van der Waals surface area contributed by atoms with Gasteiger partial charge in [-0.25, -0.2) is 0 Å². The van der Waals surface area contributed by atoms with Gasteiger partial charge < -0.3 is 10.3 Å². The van der Waals surface area contributed by atoms with Crippen molar-refractivity contribution >= 4 is 10.1 Å². The summed E-state index contributed by atoms with van der Waals surface area (Å²) in [5.41, 5.74) is 6.20. The lowest BCUT2D eigenvalue weighted by molar-refractivity contribution is 0.376. The molecule has 2 rings (SSSR count). The number of benzene rings is 1. The van der Waals surface area contributed by atoms with Crippen LogP contribution in [0.2, 0.25) is 0 Å². The molecule has 0 radical (unpaired) electrons. The number of nitrogens with zero attached hydrogens (tertiary/aromatic N) is 2. The molecule has 0 bridgehead atoms. The molecule has 0 atom stereocenters. The molecule has 0 saturated heterocycles. The van der Waals surface area contributed by atoms with Gasteiger partial charge >= 0.3 is 0 Å². The van der Waals surface area contributed by atoms with Crippen molar-refractivity contribution in [1.29, 1.82) is 0 Å². The van der Waals surface area contributed by atoms with E-state index in [4.69, 9.17) is 14.8 Å². The number of aryl methyl sites for hydroxylation is 2. The topological polar surface area (TPSA) is 119 Å². The molecule has 1 aromatic heterocycles. The van der Waals surface area contributed by atoms with E-state index >= 15 is 0 Å². The standard InChI is InChI=1S/C7H8O3S.C5H9N3O/c1-6-2-4-7(5-3-6)11(8,9)10;1-4-7-5(2-3-6)9-8-4/h2-5H,1H3,(H,8,9,10);2-3,6H2,1H3. The fourth-order valence-electron chi connectivity index (χ4n) is 1.28. The Hall–Kier alpha value is -1.77. The normalized spacial score (nSPS) is 10.8. The molecule has 0 amide bonds. The van der Waals surface area contributed by atoms with Gasteiger partial charge in [-0.05, 0) is 26.0 Å². The van der Waals surface area contributed by atoms with E-state index in [9.17, 15) is 8.42 Å². The van der Waals surface area contributed by atoms with E-state index in [1.807, 2.05) is 6.92 Å². The van der Waals surface area contributed by atoms with Crippen LogP contribution in [0, 0.1) is 13.8 Å². The highest BCUT2D eigenvalue weighted by Gasteiger charge is 2.06. The predicted octanol–water partition coefficient (Wildman–Crippen LogP) is 1.12. The highest BCUT2D eigenvalue weighted by atomic mass is 32.2. The molecule has 0 aliphatic carbocycles. The van der Waals surface area contributed by atoms with Gasteiger partial charge in [0.05, 0.1) is 4.90 Å². The van der Waals surface area contributed by atoms with Crippen molar-refractivity contribution < 1.29 is 17.5 Å². The molecule has 0 spiro atoms. The first kappa shape index (κ1) is 16.3. The quantitative estimate of drug-likeness (QED) is 0.815. The zero-order valence-corrected chi connectivity index (χ0v) is 12.1. The van der Waals surface area contributed by atoms with E-state index in [1.165, 1.54) is 12.1 Å². The van der Waals surface area contributed by atoms with E-state index in [1.54, 1.807) is 19.1 Å². The van der Waals surface area contributed by atoms with Crippen molar-refractivity contribution in [3.05, 3.63) is 41.5 Å². The third-order valence-electron chi connectivity index (χ3n) is 2.25. The molecular formula is C12H17N3O4S. The van der Waals surface area contributed by atoms with Crippen LogP contribution in [0.15, 0.2) is 33.7 Å². The van der Waals surface area contributed by atoms with Gasteiger partial charge in [0.2, 0.25) is 5.89 Å². The van der Waals surface area contributed by atoms with E-state index in [0.29, 0.717) is 24.7 Å². The zero-order chi connectivity index (χ0) is 15.2. The minimum Gasteiger partial charge on any atom is -0.339 e. The van der Waals surface area contributed by atoms with Crippen LogP contribution in [0.5, 0.6) is 0 Å². The largest absolute Gasteiger partial charge is 0.339 e. The van der Waals surface area contributed by atoms with Gasteiger partial charge in [-0.3, -0.25) is 4.55 Å². The molecule has 3 N–H and O–H groups in total. The molecule has 110 valence electrons. The molecule has 0 aliphatic rings. The van der Waals surface area contributed by atoms with Gasteiger partial charge in [0.25, 0.3) is 10.1 Å². The molecule has 0 fully saturated rings. The minimum atomic E-state index is -4.02. The lowest BCUT2D eigenvalue weighted by atomic mass is 10.2. The Morgan fingerprint density at radius 2 is 1.85 bits per heavy atom. The van der Waals surface area contributed by atoms with Crippen molar-refractivity contribution in [2.75, 3.05) is 6.54 Å². The SMILES string of the molecule is Cc1ccc(S(=O)(=O)O)cc1.Cc1noc(CCN)n1. The van der Waals surface area contributed by atoms with Gasteiger partial charge in [0.1, 0.15) is 0 Å². The molecule has 20 heavy (non-hydrogen) atoms. The van der Waals surface area contributed by atoms with Crippen LogP contribution in [0.4, 0.5) is 0 Å². The second-order valence-electron chi connectivity index (χ2n) is 4.06. The molecule has 7 nitrogen and oxygen atoms in total. The molecule has 2 aromatic rings. The maximum atomic E-state index is 10.5. The summed E-state index contributed by atoms with van der Waals surface area (Å²) in [4.78, 5) is 3.88. The van der Waals surface area contributed by atoms with Crippen molar-refractivity contribution in [3.8, 4) is 0 Å². The predicted molar refractivity (Wildman–Crippen MR) is 72.8 cm³/mol. The molecule has 0 aliphatic heterocycles. The van der Waals surface area contributed by atoms with Crippen molar-refractivity contribution in [2.24, 2.45) is 5.73 Å². The summed E-state index contributed by atoms with van der Waals surface area (Å²) in [7, 11) is -4.02. The zero-order valence-electron chi connectivity index (χ0n) is 11.3. The van der Waals surface area contributed by atoms with E-state index < -0.39 is 10.1 Å². The molecular weight excluding hydrogens is 282 g/mol. The van der Waals surface area contributed by atoms with E-state index in [2.05, 4.69) is 10.1 Å². The third kappa shape index (κ3) is 5.47. The molecule has 8 heteroatoms. The van der Waals surface area contributed by atoms with Crippen LogP contribution in [-0.4, -0.2) is 29.7 Å². The van der Waals surface area contributed by atoms with Crippen molar-refractivity contribution in [2.45, 2.75) is 25.2 Å². The third-order valence-corrected chi connectivity index (χ3v) is 3.11. The Morgan fingerprint density at radius 1 is 1.25 bits per heavy atom. The van der Waals surface area contributed by atoms with Gasteiger partial charge in [-0.2, -0.15) is 13.4 Å². The highest BCUT2D eigenvalue weighted by molar-refractivity contribution is 7.85. The van der Waals surface area contributed by atoms with Crippen LogP contribution < -0.4 is 5.73 Å². The average Bonchev–Trinajstić information content (AvgIpc) is 2.76. The van der Waals surface area contributed by atoms with Crippen LogP contribution in [0.3, 0.4) is 0 Å². The second kappa shape index (κ2) is 7.13. The van der Waals surface area contributed by atoms with Crippen LogP contribution in [-0.2, 0) is 16.5 Å². The Bertz CT molecular complexity index is 635. The number of hydrogen-bond donors (Lipinski definition) is 2. The summed E-state index contributed by atoms with van der Waals surface area (Å²) < 4.78 is 34.3. The Labute approximate surface area is 117 Å². The van der Waals surface area contributed by atoms with Gasteiger partial charge in [-0.15, -0.1) is 0 Å². The van der Waals surface area contributed by atoms with Gasteiger partial charge in [0.15, 0.2) is 5.82 Å². The molecule has 1 aromatic carbocycles. The van der Waals surface area contributed by atoms with Gasteiger partial charge in [0, 0.05) is 13.0 Å². The van der Waals surface area contributed by atoms with E-state index in [-0.39, 0.29) is 4.90 Å². The average molecular weight is 299 g/mol. The number of nitrogens with two attached hydrogens (primary N) is 1. The first-order chi connectivity index (χ1) is 9.32. The Balaban J connectivity index is 0.000000204. The van der Waals surface area contributed by atoms with Crippen molar-refractivity contribution in [3.63, 3.8) is 0 Å². The van der Waals surface area contributed by atoms with Crippen molar-refractivity contribution in [1.82, 2.24) is 10.1 Å². The Kier molecular flexibility index (Phi) is 5.81. The lowest BCUT2D eigenvalue weighted by Crippen LogP contribution is -2.02. The first-order valence-electron chi connectivity index (χ1n) is 5.86. The highest BCUT2D eigenvalue weighted by Crippen LogP contribution is 2.08.